The highest BCUT2D eigenvalue weighted by atomic mass is 16.5. The fraction of sp³-hybridized carbons (Fsp3) is 0.880. The van der Waals surface area contributed by atoms with E-state index in [-0.39, 0.29) is 59.0 Å². The van der Waals surface area contributed by atoms with Crippen LogP contribution in [0.25, 0.3) is 0 Å². The van der Waals surface area contributed by atoms with E-state index in [0.29, 0.717) is 19.3 Å². The summed E-state index contributed by atoms with van der Waals surface area (Å²) in [6.07, 6.45) is 5.79. The molecule has 0 bridgehead atoms. The Labute approximate surface area is 185 Å². The first-order valence-corrected chi connectivity index (χ1v) is 12.0. The minimum atomic E-state index is -1.32. The summed E-state index contributed by atoms with van der Waals surface area (Å²) in [7, 11) is 0. The average Bonchev–Trinajstić information content (AvgIpc) is 2.99. The van der Waals surface area contributed by atoms with Crippen LogP contribution in [0.5, 0.6) is 0 Å². The molecule has 174 valence electrons. The molecule has 0 heterocycles. The molecule has 4 aliphatic rings. The van der Waals surface area contributed by atoms with Crippen molar-refractivity contribution in [2.45, 2.75) is 104 Å². The molecule has 0 aromatic heterocycles. The molecule has 0 aromatic rings. The van der Waals surface area contributed by atoms with E-state index in [1.165, 1.54) is 13.8 Å². The third-order valence-electron chi connectivity index (χ3n) is 9.85. The Hall–Kier alpha value is -1.43. The second kappa shape index (κ2) is 7.57. The molecule has 0 saturated heterocycles. The summed E-state index contributed by atoms with van der Waals surface area (Å²) in [5.74, 6) is -0.0593. The molecule has 0 spiro atoms. The van der Waals surface area contributed by atoms with Gasteiger partial charge in [0, 0.05) is 31.6 Å². The standard InChI is InChI=1S/C25H38O6/c1-14(30-15(2)26)19-8-9-20-21-7-6-17-12-18(31-16(3)27)10-11-24(17,5)25(21,29)22(28)13-23(19,20)4/h14,17-21,29H,6-13H2,1-5H3/t14-,17-,18+,19+,20-,21-,23+,24-,25-/m0/s1. The molecule has 0 radical (unpaired) electrons. The van der Waals surface area contributed by atoms with Crippen LogP contribution >= 0.6 is 0 Å². The number of hydrogen-bond donors (Lipinski definition) is 1. The highest BCUT2D eigenvalue weighted by Crippen LogP contribution is 2.68. The molecule has 0 unspecified atom stereocenters. The Morgan fingerprint density at radius 1 is 1.03 bits per heavy atom. The second-order valence-corrected chi connectivity index (χ2v) is 11.3. The number of Topliss-reactive ketones (excluding diaryl/α,β-unsaturated/α-hetero) is 1. The van der Waals surface area contributed by atoms with Gasteiger partial charge in [-0.3, -0.25) is 14.4 Å². The largest absolute Gasteiger partial charge is 0.463 e. The monoisotopic (exact) mass is 434 g/mol. The van der Waals surface area contributed by atoms with E-state index in [9.17, 15) is 19.5 Å². The molecule has 6 nitrogen and oxygen atoms in total. The van der Waals surface area contributed by atoms with E-state index in [0.717, 1.165) is 32.1 Å². The van der Waals surface area contributed by atoms with Gasteiger partial charge in [0.15, 0.2) is 5.78 Å². The van der Waals surface area contributed by atoms with Crippen LogP contribution in [0, 0.1) is 34.5 Å². The molecule has 6 heteroatoms. The van der Waals surface area contributed by atoms with Crippen LogP contribution in [-0.2, 0) is 23.9 Å². The SMILES string of the molecule is CC(=O)O[C@@H]1CC[C@@]2(C)[C@@H](CC[C@H]3[C@@H]4CC[C@H]([C@H](C)OC(C)=O)[C@@]4(C)CC(=O)[C@@]32O)C1. The van der Waals surface area contributed by atoms with Crippen molar-refractivity contribution in [2.75, 3.05) is 0 Å². The lowest BCUT2D eigenvalue weighted by molar-refractivity contribution is -0.231. The summed E-state index contributed by atoms with van der Waals surface area (Å²) in [6.45, 7) is 9.10. The van der Waals surface area contributed by atoms with Crippen LogP contribution in [0.4, 0.5) is 0 Å². The van der Waals surface area contributed by atoms with E-state index in [4.69, 9.17) is 9.47 Å². The second-order valence-electron chi connectivity index (χ2n) is 11.3. The fourth-order valence-corrected chi connectivity index (χ4v) is 8.48. The first kappa shape index (κ1) is 22.8. The van der Waals surface area contributed by atoms with E-state index < -0.39 is 11.0 Å². The van der Waals surface area contributed by atoms with E-state index in [2.05, 4.69) is 13.8 Å². The third-order valence-corrected chi connectivity index (χ3v) is 9.85. The van der Waals surface area contributed by atoms with Crippen molar-refractivity contribution in [3.63, 3.8) is 0 Å². The summed E-state index contributed by atoms with van der Waals surface area (Å²) in [5.41, 5.74) is -2.05. The Morgan fingerprint density at radius 3 is 2.35 bits per heavy atom. The number of esters is 2. The lowest BCUT2D eigenvalue weighted by atomic mass is 9.42. The molecule has 31 heavy (non-hydrogen) atoms. The Kier molecular flexibility index (Phi) is 5.55. The Bertz CT molecular complexity index is 778. The first-order valence-electron chi connectivity index (χ1n) is 12.0. The number of fused-ring (bicyclic) bond motifs is 5. The van der Waals surface area contributed by atoms with Gasteiger partial charge < -0.3 is 14.6 Å². The van der Waals surface area contributed by atoms with Crippen molar-refractivity contribution >= 4 is 17.7 Å². The van der Waals surface area contributed by atoms with Crippen LogP contribution in [0.1, 0.15) is 86.0 Å². The highest BCUT2D eigenvalue weighted by molar-refractivity contribution is 5.90. The van der Waals surface area contributed by atoms with Gasteiger partial charge in [-0.2, -0.15) is 0 Å². The first-order chi connectivity index (χ1) is 14.4. The molecular formula is C25H38O6. The van der Waals surface area contributed by atoms with Crippen LogP contribution < -0.4 is 0 Å². The molecular weight excluding hydrogens is 396 g/mol. The number of carbonyl (C=O) groups is 3. The minimum absolute atomic E-state index is 0.0312. The molecule has 0 amide bonds. The van der Waals surface area contributed by atoms with E-state index >= 15 is 0 Å². The zero-order valence-corrected chi connectivity index (χ0v) is 19.6. The summed E-state index contributed by atoms with van der Waals surface area (Å²) in [5, 5.41) is 12.2. The predicted octanol–water partition coefficient (Wildman–Crippen LogP) is 3.82. The summed E-state index contributed by atoms with van der Waals surface area (Å²) in [6, 6.07) is 0. The van der Waals surface area contributed by atoms with Gasteiger partial charge in [0.05, 0.1) is 0 Å². The third kappa shape index (κ3) is 3.27. The average molecular weight is 435 g/mol. The number of ketones is 1. The topological polar surface area (TPSA) is 89.9 Å². The van der Waals surface area contributed by atoms with Crippen molar-refractivity contribution in [2.24, 2.45) is 34.5 Å². The molecule has 4 fully saturated rings. The number of ether oxygens (including phenoxy) is 2. The normalized spacial score (nSPS) is 47.5. The van der Waals surface area contributed by atoms with Crippen LogP contribution in [0.2, 0.25) is 0 Å². The predicted molar refractivity (Wildman–Crippen MR) is 114 cm³/mol. The van der Waals surface area contributed by atoms with Crippen LogP contribution in [0.3, 0.4) is 0 Å². The maximum Gasteiger partial charge on any atom is 0.302 e. The quantitative estimate of drug-likeness (QED) is 0.679. The van der Waals surface area contributed by atoms with Crippen LogP contribution in [-0.4, -0.2) is 40.6 Å². The summed E-state index contributed by atoms with van der Waals surface area (Å²) >= 11 is 0. The molecule has 4 saturated carbocycles. The van der Waals surface area contributed by atoms with E-state index in [1.54, 1.807) is 0 Å². The maximum absolute atomic E-state index is 13.8. The van der Waals surface area contributed by atoms with Crippen molar-refractivity contribution in [1.29, 1.82) is 0 Å². The number of carbonyl (C=O) groups excluding carboxylic acids is 3. The number of aliphatic hydroxyl groups is 1. The van der Waals surface area contributed by atoms with Gasteiger partial charge in [0.25, 0.3) is 0 Å². The number of hydrogen-bond acceptors (Lipinski definition) is 6. The van der Waals surface area contributed by atoms with Crippen molar-refractivity contribution in [3.8, 4) is 0 Å². The van der Waals surface area contributed by atoms with Gasteiger partial charge in [-0.15, -0.1) is 0 Å². The molecule has 1 N–H and O–H groups in total. The molecule has 4 rings (SSSR count). The summed E-state index contributed by atoms with van der Waals surface area (Å²) < 4.78 is 11.0. The lowest BCUT2D eigenvalue weighted by Crippen LogP contribution is -2.70. The van der Waals surface area contributed by atoms with Gasteiger partial charge in [0.1, 0.15) is 17.8 Å². The zero-order chi connectivity index (χ0) is 22.8. The van der Waals surface area contributed by atoms with Gasteiger partial charge in [-0.05, 0) is 75.0 Å². The van der Waals surface area contributed by atoms with Crippen LogP contribution in [0.15, 0.2) is 0 Å². The fourth-order valence-electron chi connectivity index (χ4n) is 8.48. The molecule has 9 atom stereocenters. The number of rotatable bonds is 3. The van der Waals surface area contributed by atoms with Crippen molar-refractivity contribution in [1.82, 2.24) is 0 Å². The molecule has 4 aliphatic carbocycles. The van der Waals surface area contributed by atoms with Crippen molar-refractivity contribution < 1.29 is 29.0 Å². The minimum Gasteiger partial charge on any atom is -0.463 e. The Balaban J connectivity index is 1.62. The zero-order valence-electron chi connectivity index (χ0n) is 19.6. The Morgan fingerprint density at radius 2 is 1.71 bits per heavy atom. The van der Waals surface area contributed by atoms with Gasteiger partial charge in [-0.1, -0.05) is 13.8 Å². The lowest BCUT2D eigenvalue weighted by Gasteiger charge is -2.64. The molecule has 0 aliphatic heterocycles. The van der Waals surface area contributed by atoms with Gasteiger partial charge in [0.2, 0.25) is 0 Å². The van der Waals surface area contributed by atoms with Gasteiger partial charge in [-0.25, -0.2) is 0 Å². The maximum atomic E-state index is 13.8. The smallest absolute Gasteiger partial charge is 0.302 e. The van der Waals surface area contributed by atoms with Gasteiger partial charge >= 0.3 is 11.9 Å². The molecule has 0 aromatic carbocycles. The highest BCUT2D eigenvalue weighted by Gasteiger charge is 2.71. The summed E-state index contributed by atoms with van der Waals surface area (Å²) in [4.78, 5) is 36.8. The van der Waals surface area contributed by atoms with E-state index in [1.807, 2.05) is 6.92 Å². The van der Waals surface area contributed by atoms with Crippen molar-refractivity contribution in [3.05, 3.63) is 0 Å².